The fraction of sp³-hybridized carbons (Fsp3) is 0.778. The number of likely N-dealkylation sites (tertiary alicyclic amines) is 1. The topological polar surface area (TPSA) is 6.48 Å². The summed E-state index contributed by atoms with van der Waals surface area (Å²) in [5, 5.41) is 0. The van der Waals surface area contributed by atoms with Crippen LogP contribution in [0.25, 0.3) is 0 Å². The lowest BCUT2D eigenvalue weighted by Crippen LogP contribution is -2.59. The van der Waals surface area contributed by atoms with Crippen LogP contribution in [0.3, 0.4) is 0 Å². The van der Waals surface area contributed by atoms with E-state index >= 15 is 0 Å². The Balaban J connectivity index is 1.25. The van der Waals surface area contributed by atoms with Crippen LogP contribution in [0.2, 0.25) is 0 Å². The average molecular weight is 393 g/mol. The third-order valence-electron chi connectivity index (χ3n) is 9.64. The summed E-state index contributed by atoms with van der Waals surface area (Å²) in [7, 11) is 0. The van der Waals surface area contributed by atoms with Gasteiger partial charge in [0.15, 0.2) is 0 Å². The first kappa shape index (κ1) is 18.7. The Morgan fingerprint density at radius 1 is 0.897 bits per heavy atom. The van der Waals surface area contributed by atoms with Gasteiger partial charge in [-0.05, 0) is 121 Å². The number of piperidine rings is 1. The summed E-state index contributed by atoms with van der Waals surface area (Å²) in [4.78, 5) is 5.69. The van der Waals surface area contributed by atoms with Gasteiger partial charge in [0.2, 0.25) is 0 Å². The predicted octanol–water partition coefficient (Wildman–Crippen LogP) is 5.77. The lowest BCUT2D eigenvalue weighted by Gasteiger charge is -2.58. The van der Waals surface area contributed by atoms with Crippen LogP contribution >= 0.6 is 0 Å². The zero-order chi connectivity index (χ0) is 20.0. The first-order valence-electron chi connectivity index (χ1n) is 12.5. The second-order valence-corrected chi connectivity index (χ2v) is 12.5. The number of benzene rings is 1. The summed E-state index contributed by atoms with van der Waals surface area (Å²) in [6.45, 7) is 13.3. The fourth-order valence-corrected chi connectivity index (χ4v) is 8.55. The van der Waals surface area contributed by atoms with Crippen LogP contribution < -0.4 is 4.90 Å². The Labute approximate surface area is 178 Å². The summed E-state index contributed by atoms with van der Waals surface area (Å²) < 4.78 is 0. The number of aryl methyl sites for hydroxylation is 1. The summed E-state index contributed by atoms with van der Waals surface area (Å²) in [5.41, 5.74) is 5.20. The Bertz CT molecular complexity index is 767. The van der Waals surface area contributed by atoms with Gasteiger partial charge in [-0.1, -0.05) is 17.7 Å². The van der Waals surface area contributed by atoms with Gasteiger partial charge in [-0.25, -0.2) is 0 Å². The van der Waals surface area contributed by atoms with Gasteiger partial charge in [0.1, 0.15) is 0 Å². The molecule has 1 saturated heterocycles. The molecule has 29 heavy (non-hydrogen) atoms. The molecule has 5 fully saturated rings. The summed E-state index contributed by atoms with van der Waals surface area (Å²) in [5.74, 6) is 4.25. The molecule has 4 aliphatic carbocycles. The minimum Gasteiger partial charge on any atom is -0.366 e. The van der Waals surface area contributed by atoms with Crippen molar-refractivity contribution in [3.8, 4) is 0 Å². The van der Waals surface area contributed by atoms with Crippen molar-refractivity contribution >= 4 is 5.69 Å². The normalized spacial score (nSPS) is 38.1. The maximum atomic E-state index is 2.98. The maximum absolute atomic E-state index is 2.98. The number of rotatable bonds is 1. The van der Waals surface area contributed by atoms with E-state index in [1.54, 1.807) is 37.7 Å². The molecule has 0 N–H and O–H groups in total. The average Bonchev–Trinajstić information content (AvgIpc) is 2.96. The molecule has 0 aromatic heterocycles. The molecule has 2 heteroatoms. The molecule has 1 spiro atoms. The van der Waals surface area contributed by atoms with Crippen LogP contribution in [0, 0.1) is 30.6 Å². The molecule has 0 unspecified atom stereocenters. The highest BCUT2D eigenvalue weighted by Crippen LogP contribution is 2.56. The minimum absolute atomic E-state index is 0.200. The van der Waals surface area contributed by atoms with Gasteiger partial charge in [0.05, 0.1) is 0 Å². The third-order valence-corrected chi connectivity index (χ3v) is 9.64. The van der Waals surface area contributed by atoms with E-state index in [-0.39, 0.29) is 5.54 Å². The van der Waals surface area contributed by atoms with Crippen LogP contribution in [0.5, 0.6) is 0 Å². The Morgan fingerprint density at radius 2 is 1.52 bits per heavy atom. The lowest BCUT2D eigenvalue weighted by atomic mass is 9.53. The molecular formula is C27H40N2. The summed E-state index contributed by atoms with van der Waals surface area (Å²) in [6, 6.07) is 8.19. The first-order valence-corrected chi connectivity index (χ1v) is 12.5. The molecule has 6 aliphatic rings. The number of nitrogens with zero attached hydrogens (tertiary/aromatic N) is 2. The standard InChI is InChI=1S/C27H40N2/c1-18-5-6-24-23(11-18)27(17-29(24)26(2,3)4)7-9-28(10-8-27)25-21-13-19-12-20(15-21)16-22(25)14-19/h5-6,11,19-22,25H,7-10,12-17H2,1-4H3. The smallest absolute Gasteiger partial charge is 0.0410 e. The van der Waals surface area contributed by atoms with E-state index < -0.39 is 0 Å². The van der Waals surface area contributed by atoms with Crippen molar-refractivity contribution in [3.63, 3.8) is 0 Å². The highest BCUT2D eigenvalue weighted by molar-refractivity contribution is 5.65. The van der Waals surface area contributed by atoms with E-state index in [4.69, 9.17) is 0 Å². The van der Waals surface area contributed by atoms with Crippen molar-refractivity contribution in [2.75, 3.05) is 24.5 Å². The van der Waals surface area contributed by atoms with E-state index in [9.17, 15) is 0 Å². The zero-order valence-electron chi connectivity index (χ0n) is 19.1. The molecule has 0 atom stereocenters. The van der Waals surface area contributed by atoms with Gasteiger partial charge in [-0.3, -0.25) is 4.90 Å². The van der Waals surface area contributed by atoms with Crippen molar-refractivity contribution in [2.24, 2.45) is 23.7 Å². The number of fused-ring (bicyclic) bond motifs is 2. The van der Waals surface area contributed by atoms with Crippen molar-refractivity contribution in [2.45, 2.75) is 89.6 Å². The van der Waals surface area contributed by atoms with Crippen LogP contribution in [-0.2, 0) is 5.41 Å². The highest BCUT2D eigenvalue weighted by Gasteiger charge is 2.53. The molecule has 1 aromatic rings. The number of anilines is 1. The molecule has 2 nitrogen and oxygen atoms in total. The minimum atomic E-state index is 0.200. The van der Waals surface area contributed by atoms with E-state index in [0.717, 1.165) is 29.7 Å². The molecular weight excluding hydrogens is 352 g/mol. The molecule has 7 rings (SSSR count). The van der Waals surface area contributed by atoms with Gasteiger partial charge < -0.3 is 4.90 Å². The molecule has 1 aromatic carbocycles. The van der Waals surface area contributed by atoms with Crippen molar-refractivity contribution < 1.29 is 0 Å². The van der Waals surface area contributed by atoms with Gasteiger partial charge in [-0.2, -0.15) is 0 Å². The molecule has 0 radical (unpaired) electrons. The second-order valence-electron chi connectivity index (χ2n) is 12.5. The predicted molar refractivity (Wildman–Crippen MR) is 122 cm³/mol. The highest BCUT2D eigenvalue weighted by atomic mass is 15.2. The molecule has 4 bridgehead atoms. The Morgan fingerprint density at radius 3 is 2.10 bits per heavy atom. The van der Waals surface area contributed by atoms with E-state index in [0.29, 0.717) is 5.41 Å². The molecule has 4 saturated carbocycles. The molecule has 0 amide bonds. The van der Waals surface area contributed by atoms with Crippen molar-refractivity contribution in [1.82, 2.24) is 4.90 Å². The summed E-state index contributed by atoms with van der Waals surface area (Å²) in [6.07, 6.45) is 10.5. The van der Waals surface area contributed by atoms with E-state index in [2.05, 4.69) is 55.7 Å². The van der Waals surface area contributed by atoms with Crippen LogP contribution in [0.15, 0.2) is 18.2 Å². The van der Waals surface area contributed by atoms with E-state index in [1.165, 1.54) is 43.7 Å². The van der Waals surface area contributed by atoms with Gasteiger partial charge in [-0.15, -0.1) is 0 Å². The van der Waals surface area contributed by atoms with Crippen molar-refractivity contribution in [1.29, 1.82) is 0 Å². The van der Waals surface area contributed by atoms with Crippen LogP contribution in [-0.4, -0.2) is 36.1 Å². The van der Waals surface area contributed by atoms with Gasteiger partial charge >= 0.3 is 0 Å². The molecule has 2 heterocycles. The van der Waals surface area contributed by atoms with Crippen molar-refractivity contribution in [3.05, 3.63) is 29.3 Å². The van der Waals surface area contributed by atoms with Crippen LogP contribution in [0.4, 0.5) is 5.69 Å². The van der Waals surface area contributed by atoms with E-state index in [1.807, 2.05) is 0 Å². The van der Waals surface area contributed by atoms with Gasteiger partial charge in [0, 0.05) is 29.2 Å². The number of hydrogen-bond donors (Lipinski definition) is 0. The lowest BCUT2D eigenvalue weighted by molar-refractivity contribution is -0.0749. The second kappa shape index (κ2) is 6.25. The third kappa shape index (κ3) is 2.84. The maximum Gasteiger partial charge on any atom is 0.0410 e. The Kier molecular flexibility index (Phi) is 4.04. The molecule has 2 aliphatic heterocycles. The van der Waals surface area contributed by atoms with Gasteiger partial charge in [0.25, 0.3) is 0 Å². The first-order chi connectivity index (χ1) is 13.8. The number of hydrogen-bond acceptors (Lipinski definition) is 2. The quantitative estimate of drug-likeness (QED) is 0.598. The SMILES string of the molecule is Cc1ccc2c(c1)C1(CCN(C3C4CC5CC(C4)CC3C5)CC1)CN2C(C)(C)C. The fourth-order valence-electron chi connectivity index (χ4n) is 8.55. The van der Waals surface area contributed by atoms with Crippen LogP contribution in [0.1, 0.15) is 76.8 Å². The summed E-state index contributed by atoms with van der Waals surface area (Å²) >= 11 is 0. The zero-order valence-corrected chi connectivity index (χ0v) is 19.1. The Hall–Kier alpha value is -1.02. The largest absolute Gasteiger partial charge is 0.366 e. The molecule has 158 valence electrons. The monoisotopic (exact) mass is 392 g/mol.